The van der Waals surface area contributed by atoms with E-state index in [1.165, 1.54) is 5.56 Å². The smallest absolute Gasteiger partial charge is 0.251 e. The number of carbonyl (C=O) groups excluding carboxylic acids is 2. The third kappa shape index (κ3) is 5.25. The Kier molecular flexibility index (Phi) is 6.78. The summed E-state index contributed by atoms with van der Waals surface area (Å²) in [5, 5.41) is 3.09. The molecule has 4 rings (SSSR count). The largest absolute Gasteiger partial charge is 0.349 e. The standard InChI is InChI=1S/C28H31N3O2/c1-20-9-12-26(13-10-20)31-21(2)19-24(22(31)3)11-14-27(32)30-17-15-25(16-18-30)29-28(33)23-7-5-4-6-8-23/h4-14,19,25H,15-18H2,1-3H3,(H,29,33)/b14-11+. The topological polar surface area (TPSA) is 54.3 Å². The van der Waals surface area contributed by atoms with Crippen LogP contribution in [-0.2, 0) is 4.79 Å². The minimum Gasteiger partial charge on any atom is -0.349 e. The number of hydrogen-bond acceptors (Lipinski definition) is 2. The molecule has 0 atom stereocenters. The molecule has 0 bridgehead atoms. The van der Waals surface area contributed by atoms with Crippen LogP contribution in [-0.4, -0.2) is 40.4 Å². The van der Waals surface area contributed by atoms with Crippen LogP contribution in [0.4, 0.5) is 0 Å². The number of aryl methyl sites for hydroxylation is 2. The van der Waals surface area contributed by atoms with Crippen molar-refractivity contribution in [2.75, 3.05) is 13.1 Å². The molecule has 2 heterocycles. The second-order valence-electron chi connectivity index (χ2n) is 8.77. The van der Waals surface area contributed by atoms with Crippen molar-refractivity contribution in [3.05, 3.63) is 94.8 Å². The van der Waals surface area contributed by atoms with E-state index in [-0.39, 0.29) is 17.9 Å². The zero-order valence-corrected chi connectivity index (χ0v) is 19.5. The molecule has 1 aliphatic rings. The molecule has 5 nitrogen and oxygen atoms in total. The summed E-state index contributed by atoms with van der Waals surface area (Å²) in [7, 11) is 0. The molecule has 0 spiro atoms. The number of nitrogens with one attached hydrogen (secondary N) is 1. The first kappa shape index (κ1) is 22.6. The number of nitrogens with zero attached hydrogens (tertiary/aromatic N) is 2. The molecule has 0 unspecified atom stereocenters. The van der Waals surface area contributed by atoms with Gasteiger partial charge in [-0.15, -0.1) is 0 Å². The summed E-state index contributed by atoms with van der Waals surface area (Å²) in [5.74, 6) is -0.0350. The van der Waals surface area contributed by atoms with E-state index < -0.39 is 0 Å². The van der Waals surface area contributed by atoms with Crippen molar-refractivity contribution in [3.63, 3.8) is 0 Å². The monoisotopic (exact) mass is 441 g/mol. The molecule has 0 radical (unpaired) electrons. The van der Waals surface area contributed by atoms with Gasteiger partial charge in [-0.2, -0.15) is 0 Å². The number of likely N-dealkylation sites (tertiary alicyclic amines) is 1. The molecule has 1 aliphatic heterocycles. The van der Waals surface area contributed by atoms with Gasteiger partial charge in [0.25, 0.3) is 5.91 Å². The third-order valence-electron chi connectivity index (χ3n) is 6.35. The highest BCUT2D eigenvalue weighted by Crippen LogP contribution is 2.22. The number of aromatic nitrogens is 1. The summed E-state index contributed by atoms with van der Waals surface area (Å²) in [6.45, 7) is 7.54. The molecule has 5 heteroatoms. The fourth-order valence-electron chi connectivity index (χ4n) is 4.42. The van der Waals surface area contributed by atoms with E-state index in [0.717, 1.165) is 35.5 Å². The Labute approximate surface area is 195 Å². The maximum absolute atomic E-state index is 12.8. The van der Waals surface area contributed by atoms with Crippen LogP contribution in [0.2, 0.25) is 0 Å². The highest BCUT2D eigenvalue weighted by molar-refractivity contribution is 5.94. The van der Waals surface area contributed by atoms with Gasteiger partial charge in [-0.05, 0) is 75.6 Å². The van der Waals surface area contributed by atoms with Crippen molar-refractivity contribution in [1.29, 1.82) is 0 Å². The molecule has 0 aliphatic carbocycles. The van der Waals surface area contributed by atoms with Crippen LogP contribution in [0.15, 0.2) is 66.7 Å². The molecular formula is C28H31N3O2. The second kappa shape index (κ2) is 9.90. The Morgan fingerprint density at radius 2 is 1.61 bits per heavy atom. The van der Waals surface area contributed by atoms with Crippen LogP contribution in [0.1, 0.15) is 45.7 Å². The number of carbonyl (C=O) groups is 2. The fraction of sp³-hybridized carbons (Fsp3) is 0.286. The van der Waals surface area contributed by atoms with E-state index in [1.54, 1.807) is 6.08 Å². The predicted molar refractivity (Wildman–Crippen MR) is 133 cm³/mol. The minimum atomic E-state index is -0.0517. The van der Waals surface area contributed by atoms with Crippen LogP contribution in [0.5, 0.6) is 0 Å². The lowest BCUT2D eigenvalue weighted by Crippen LogP contribution is -2.46. The number of hydrogen-bond donors (Lipinski definition) is 1. The summed E-state index contributed by atoms with van der Waals surface area (Å²) >= 11 is 0. The zero-order valence-electron chi connectivity index (χ0n) is 19.5. The van der Waals surface area contributed by atoms with E-state index in [4.69, 9.17) is 0 Å². The van der Waals surface area contributed by atoms with E-state index in [1.807, 2.05) is 41.3 Å². The molecule has 33 heavy (non-hydrogen) atoms. The van der Waals surface area contributed by atoms with Crippen LogP contribution < -0.4 is 5.32 Å². The van der Waals surface area contributed by atoms with E-state index in [0.29, 0.717) is 18.7 Å². The first-order valence-corrected chi connectivity index (χ1v) is 11.5. The van der Waals surface area contributed by atoms with E-state index in [9.17, 15) is 9.59 Å². The molecule has 2 aromatic carbocycles. The van der Waals surface area contributed by atoms with E-state index in [2.05, 4.69) is 61.0 Å². The van der Waals surface area contributed by atoms with Gasteiger partial charge in [-0.25, -0.2) is 0 Å². The van der Waals surface area contributed by atoms with Crippen molar-refractivity contribution in [3.8, 4) is 5.69 Å². The van der Waals surface area contributed by atoms with E-state index >= 15 is 0 Å². The molecular weight excluding hydrogens is 410 g/mol. The number of benzene rings is 2. The molecule has 2 amide bonds. The van der Waals surface area contributed by atoms with Gasteiger partial charge in [-0.3, -0.25) is 9.59 Å². The normalized spacial score (nSPS) is 14.6. The fourth-order valence-corrected chi connectivity index (χ4v) is 4.42. The van der Waals surface area contributed by atoms with Crippen molar-refractivity contribution >= 4 is 17.9 Å². The third-order valence-corrected chi connectivity index (χ3v) is 6.35. The highest BCUT2D eigenvalue weighted by atomic mass is 16.2. The Bertz CT molecular complexity index is 1150. The molecule has 1 aromatic heterocycles. The SMILES string of the molecule is Cc1ccc(-n2c(C)cc(/C=C/C(=O)N3CCC(NC(=O)c4ccccc4)CC3)c2C)cc1. The highest BCUT2D eigenvalue weighted by Gasteiger charge is 2.23. The summed E-state index contributed by atoms with van der Waals surface area (Å²) in [4.78, 5) is 27.0. The van der Waals surface area contributed by atoms with Gasteiger partial charge in [-0.1, -0.05) is 35.9 Å². The van der Waals surface area contributed by atoms with Crippen LogP contribution in [0.3, 0.4) is 0 Å². The van der Waals surface area contributed by atoms with Gasteiger partial charge in [0.05, 0.1) is 0 Å². The van der Waals surface area contributed by atoms with Crippen molar-refractivity contribution in [2.24, 2.45) is 0 Å². The summed E-state index contributed by atoms with van der Waals surface area (Å²) in [5.41, 5.74) is 6.33. The Morgan fingerprint density at radius 3 is 2.27 bits per heavy atom. The number of amides is 2. The minimum absolute atomic E-state index is 0.0166. The Balaban J connectivity index is 1.35. The average molecular weight is 442 g/mol. The maximum atomic E-state index is 12.8. The molecule has 170 valence electrons. The predicted octanol–water partition coefficient (Wildman–Crippen LogP) is 4.84. The number of rotatable bonds is 5. The van der Waals surface area contributed by atoms with Gasteiger partial charge < -0.3 is 14.8 Å². The first-order valence-electron chi connectivity index (χ1n) is 11.5. The molecule has 3 aromatic rings. The van der Waals surface area contributed by atoms with Gasteiger partial charge in [0, 0.05) is 47.8 Å². The number of piperidine rings is 1. The maximum Gasteiger partial charge on any atom is 0.251 e. The van der Waals surface area contributed by atoms with Gasteiger partial charge >= 0.3 is 0 Å². The average Bonchev–Trinajstić information content (AvgIpc) is 3.12. The van der Waals surface area contributed by atoms with Gasteiger partial charge in [0.2, 0.25) is 5.91 Å². The quantitative estimate of drug-likeness (QED) is 0.576. The van der Waals surface area contributed by atoms with Gasteiger partial charge in [0.1, 0.15) is 0 Å². The molecule has 1 N–H and O–H groups in total. The molecule has 1 fully saturated rings. The lowest BCUT2D eigenvalue weighted by atomic mass is 10.0. The van der Waals surface area contributed by atoms with Crippen molar-refractivity contribution < 1.29 is 9.59 Å². The lowest BCUT2D eigenvalue weighted by molar-refractivity contribution is -0.126. The zero-order chi connectivity index (χ0) is 23.4. The Hall–Kier alpha value is -3.60. The Morgan fingerprint density at radius 1 is 0.939 bits per heavy atom. The van der Waals surface area contributed by atoms with Crippen LogP contribution in [0.25, 0.3) is 11.8 Å². The van der Waals surface area contributed by atoms with Gasteiger partial charge in [0.15, 0.2) is 0 Å². The molecule has 1 saturated heterocycles. The van der Waals surface area contributed by atoms with Crippen molar-refractivity contribution in [1.82, 2.24) is 14.8 Å². The summed E-state index contributed by atoms with van der Waals surface area (Å²) in [6.07, 6.45) is 5.11. The van der Waals surface area contributed by atoms with Crippen LogP contribution >= 0.6 is 0 Å². The summed E-state index contributed by atoms with van der Waals surface area (Å²) in [6, 6.07) is 19.9. The second-order valence-corrected chi connectivity index (χ2v) is 8.77. The van der Waals surface area contributed by atoms with Crippen LogP contribution in [0, 0.1) is 20.8 Å². The molecule has 0 saturated carbocycles. The first-order chi connectivity index (χ1) is 15.9. The lowest BCUT2D eigenvalue weighted by Gasteiger charge is -2.31. The van der Waals surface area contributed by atoms with Crippen molar-refractivity contribution in [2.45, 2.75) is 39.7 Å². The summed E-state index contributed by atoms with van der Waals surface area (Å²) < 4.78 is 2.21.